The molecule has 2 amide bonds. The van der Waals surface area contributed by atoms with E-state index < -0.39 is 23.9 Å². The molecule has 1 aliphatic rings. The summed E-state index contributed by atoms with van der Waals surface area (Å²) < 4.78 is 10.7. The summed E-state index contributed by atoms with van der Waals surface area (Å²) >= 11 is 0. The van der Waals surface area contributed by atoms with Crippen molar-refractivity contribution in [1.82, 2.24) is 10.6 Å². The lowest BCUT2D eigenvalue weighted by molar-refractivity contribution is -0.128. The van der Waals surface area contributed by atoms with Crippen molar-refractivity contribution in [3.8, 4) is 5.75 Å². The predicted octanol–water partition coefficient (Wildman–Crippen LogP) is 4.71. The van der Waals surface area contributed by atoms with Gasteiger partial charge in [-0.05, 0) is 60.9 Å². The maximum Gasteiger partial charge on any atom is 0.343 e. The van der Waals surface area contributed by atoms with Gasteiger partial charge in [-0.2, -0.15) is 0 Å². The Bertz CT molecular complexity index is 1320. The molecule has 4 rings (SSSR count). The Morgan fingerprint density at radius 2 is 1.38 bits per heavy atom. The van der Waals surface area contributed by atoms with E-state index >= 15 is 0 Å². The van der Waals surface area contributed by atoms with E-state index in [1.807, 2.05) is 6.07 Å². The third-order valence-corrected chi connectivity index (χ3v) is 6.50. The minimum atomic E-state index is -1.05. The average molecular weight is 541 g/mol. The van der Waals surface area contributed by atoms with E-state index in [2.05, 4.69) is 10.6 Å². The van der Waals surface area contributed by atoms with Crippen LogP contribution >= 0.6 is 0 Å². The Labute approximate surface area is 233 Å². The van der Waals surface area contributed by atoms with Crippen LogP contribution < -0.4 is 15.4 Å². The zero-order valence-electron chi connectivity index (χ0n) is 22.1. The average Bonchev–Trinajstić information content (AvgIpc) is 3.00. The van der Waals surface area contributed by atoms with Gasteiger partial charge in [0, 0.05) is 12.1 Å². The van der Waals surface area contributed by atoms with Gasteiger partial charge in [0.1, 0.15) is 18.4 Å². The molecule has 8 heteroatoms. The van der Waals surface area contributed by atoms with Gasteiger partial charge in [0.25, 0.3) is 0 Å². The molecule has 0 heterocycles. The topological polar surface area (TPSA) is 111 Å². The highest BCUT2D eigenvalue weighted by Gasteiger charge is 2.25. The molecule has 206 valence electrons. The molecule has 3 aromatic carbocycles. The summed E-state index contributed by atoms with van der Waals surface area (Å²) in [5, 5.41) is 5.64. The standard InChI is InChI=1S/C32H32N2O6/c35-29(21-18-23-16-19-27(20-17-23)40-32(38)25-12-6-2-7-13-25)34-28(30(36)33-26-14-8-3-9-15-26)22-39-31(37)24-10-4-1-5-11-24/h1-2,4-7,10-13,16-21,26,28H,3,8-9,14-15,22H2,(H,33,36)(H,34,35)/b21-18+/t28-/m1/s1. The minimum absolute atomic E-state index is 0.0375. The predicted molar refractivity (Wildman–Crippen MR) is 151 cm³/mol. The van der Waals surface area contributed by atoms with E-state index in [0.29, 0.717) is 22.4 Å². The van der Waals surface area contributed by atoms with E-state index in [-0.39, 0.29) is 18.6 Å². The monoisotopic (exact) mass is 540 g/mol. The van der Waals surface area contributed by atoms with Gasteiger partial charge in [-0.25, -0.2) is 9.59 Å². The maximum absolute atomic E-state index is 13.0. The van der Waals surface area contributed by atoms with Gasteiger partial charge in [-0.15, -0.1) is 0 Å². The van der Waals surface area contributed by atoms with Gasteiger partial charge in [-0.3, -0.25) is 9.59 Å². The number of nitrogens with one attached hydrogen (secondary N) is 2. The number of carbonyl (C=O) groups excluding carboxylic acids is 4. The van der Waals surface area contributed by atoms with Gasteiger partial charge >= 0.3 is 11.9 Å². The van der Waals surface area contributed by atoms with Crippen molar-refractivity contribution in [3.63, 3.8) is 0 Å². The van der Waals surface area contributed by atoms with E-state index in [1.54, 1.807) is 84.9 Å². The van der Waals surface area contributed by atoms with Crippen LogP contribution in [0.1, 0.15) is 58.4 Å². The lowest BCUT2D eigenvalue weighted by atomic mass is 9.95. The van der Waals surface area contributed by atoms with Gasteiger partial charge in [0.05, 0.1) is 11.1 Å². The smallest absolute Gasteiger partial charge is 0.343 e. The van der Waals surface area contributed by atoms with Crippen LogP contribution in [0.15, 0.2) is 91.0 Å². The Morgan fingerprint density at radius 1 is 0.775 bits per heavy atom. The first-order valence-electron chi connectivity index (χ1n) is 13.4. The second kappa shape index (κ2) is 14.4. The zero-order chi connectivity index (χ0) is 28.2. The summed E-state index contributed by atoms with van der Waals surface area (Å²) in [4.78, 5) is 50.4. The second-order valence-corrected chi connectivity index (χ2v) is 9.53. The lowest BCUT2D eigenvalue weighted by Gasteiger charge is -2.25. The summed E-state index contributed by atoms with van der Waals surface area (Å²) in [6.07, 6.45) is 7.85. The van der Waals surface area contributed by atoms with Crippen molar-refractivity contribution in [2.45, 2.75) is 44.2 Å². The van der Waals surface area contributed by atoms with Crippen LogP contribution in [-0.2, 0) is 14.3 Å². The van der Waals surface area contributed by atoms with Gasteiger partial charge in [0.15, 0.2) is 0 Å². The van der Waals surface area contributed by atoms with Crippen molar-refractivity contribution in [1.29, 1.82) is 0 Å². The van der Waals surface area contributed by atoms with E-state index in [1.165, 1.54) is 6.08 Å². The van der Waals surface area contributed by atoms with Crippen LogP contribution in [0.5, 0.6) is 5.75 Å². The van der Waals surface area contributed by atoms with Gasteiger partial charge in [0.2, 0.25) is 11.8 Å². The fraction of sp³-hybridized carbons (Fsp3) is 0.250. The number of carbonyl (C=O) groups is 4. The summed E-state index contributed by atoms with van der Waals surface area (Å²) in [5.74, 6) is -1.57. The molecule has 2 N–H and O–H groups in total. The first-order valence-corrected chi connectivity index (χ1v) is 13.4. The first kappa shape index (κ1) is 28.3. The number of hydrogen-bond acceptors (Lipinski definition) is 6. The molecule has 0 aromatic heterocycles. The Balaban J connectivity index is 1.34. The SMILES string of the molecule is O=C(/C=C/c1ccc(OC(=O)c2ccccc2)cc1)N[C@H](COC(=O)c1ccccc1)C(=O)NC1CCCCC1. The van der Waals surface area contributed by atoms with Crippen molar-refractivity contribution in [2.24, 2.45) is 0 Å². The van der Waals surface area contributed by atoms with Crippen LogP contribution in [0.4, 0.5) is 0 Å². The number of rotatable bonds is 10. The van der Waals surface area contributed by atoms with E-state index in [9.17, 15) is 19.2 Å². The number of ether oxygens (including phenoxy) is 2. The molecule has 1 aliphatic carbocycles. The fourth-order valence-electron chi connectivity index (χ4n) is 4.33. The molecule has 0 saturated heterocycles. The van der Waals surface area contributed by atoms with E-state index in [4.69, 9.17) is 9.47 Å². The normalized spacial score (nSPS) is 14.2. The summed E-state index contributed by atoms with van der Waals surface area (Å²) in [6.45, 7) is -0.298. The van der Waals surface area contributed by atoms with Crippen LogP contribution in [0.2, 0.25) is 0 Å². The summed E-state index contributed by atoms with van der Waals surface area (Å²) in [6, 6.07) is 22.8. The Hall–Kier alpha value is -4.72. The van der Waals surface area contributed by atoms with Crippen molar-refractivity contribution in [3.05, 3.63) is 108 Å². The molecular weight excluding hydrogens is 508 g/mol. The Morgan fingerprint density at radius 3 is 2.00 bits per heavy atom. The largest absolute Gasteiger partial charge is 0.459 e. The highest BCUT2D eigenvalue weighted by molar-refractivity contribution is 5.96. The van der Waals surface area contributed by atoms with Crippen LogP contribution in [0.3, 0.4) is 0 Å². The molecule has 0 spiro atoms. The molecule has 0 unspecified atom stereocenters. The maximum atomic E-state index is 13.0. The second-order valence-electron chi connectivity index (χ2n) is 9.53. The van der Waals surface area contributed by atoms with Crippen molar-refractivity contribution >= 4 is 29.8 Å². The third-order valence-electron chi connectivity index (χ3n) is 6.50. The molecule has 1 saturated carbocycles. The molecule has 8 nitrogen and oxygen atoms in total. The van der Waals surface area contributed by atoms with Crippen molar-refractivity contribution < 1.29 is 28.7 Å². The first-order chi connectivity index (χ1) is 19.5. The van der Waals surface area contributed by atoms with Crippen LogP contribution in [0, 0.1) is 0 Å². The molecule has 1 fully saturated rings. The van der Waals surface area contributed by atoms with Gasteiger partial charge < -0.3 is 20.1 Å². The van der Waals surface area contributed by atoms with Crippen LogP contribution in [0.25, 0.3) is 6.08 Å². The molecule has 0 aliphatic heterocycles. The molecule has 3 aromatic rings. The van der Waals surface area contributed by atoms with E-state index in [0.717, 1.165) is 32.1 Å². The number of amides is 2. The zero-order valence-corrected chi connectivity index (χ0v) is 22.1. The molecular formula is C32H32N2O6. The highest BCUT2D eigenvalue weighted by atomic mass is 16.5. The minimum Gasteiger partial charge on any atom is -0.459 e. The van der Waals surface area contributed by atoms with Gasteiger partial charge in [-0.1, -0.05) is 67.8 Å². The Kier molecular flexibility index (Phi) is 10.2. The third kappa shape index (κ3) is 8.66. The number of benzene rings is 3. The summed E-state index contributed by atoms with van der Waals surface area (Å²) in [5.41, 5.74) is 1.49. The van der Waals surface area contributed by atoms with Crippen molar-refractivity contribution in [2.75, 3.05) is 6.61 Å². The molecule has 0 bridgehead atoms. The fourth-order valence-corrected chi connectivity index (χ4v) is 4.33. The number of hydrogen-bond donors (Lipinski definition) is 2. The highest BCUT2D eigenvalue weighted by Crippen LogP contribution is 2.18. The lowest BCUT2D eigenvalue weighted by Crippen LogP contribution is -2.52. The molecule has 1 atom stereocenters. The van der Waals surface area contributed by atoms with Crippen LogP contribution in [-0.4, -0.2) is 42.4 Å². The molecule has 40 heavy (non-hydrogen) atoms. The molecule has 0 radical (unpaired) electrons. The number of esters is 2. The summed E-state index contributed by atoms with van der Waals surface area (Å²) in [7, 11) is 0. The quantitative estimate of drug-likeness (QED) is 0.219.